The smallest absolute Gasteiger partial charge is 0.250 e. The van der Waals surface area contributed by atoms with Crippen LogP contribution >= 0.6 is 58.0 Å². The van der Waals surface area contributed by atoms with Crippen molar-refractivity contribution in [1.29, 1.82) is 0 Å². The van der Waals surface area contributed by atoms with Gasteiger partial charge in [0.05, 0.1) is 28.0 Å². The Morgan fingerprint density at radius 1 is 1.04 bits per heavy atom. The summed E-state index contributed by atoms with van der Waals surface area (Å²) < 4.78 is -0.0489. The van der Waals surface area contributed by atoms with Gasteiger partial charge in [-0.2, -0.15) is 15.1 Å². The number of nitrogens with zero attached hydrogens (tertiary/aromatic N) is 5. The zero-order valence-corrected chi connectivity index (χ0v) is 17.9. The molecule has 3 rings (SSSR count). The summed E-state index contributed by atoms with van der Waals surface area (Å²) >= 11 is 30.0. The van der Waals surface area contributed by atoms with E-state index in [9.17, 15) is 0 Å². The van der Waals surface area contributed by atoms with Crippen LogP contribution in [-0.4, -0.2) is 24.7 Å². The molecule has 0 saturated heterocycles. The molecule has 0 atom stereocenters. The molecule has 0 radical (unpaired) electrons. The Labute approximate surface area is 180 Å². The summed E-state index contributed by atoms with van der Waals surface area (Å²) in [5.41, 5.74) is 2.46. The van der Waals surface area contributed by atoms with Crippen molar-refractivity contribution in [3.8, 4) is 11.4 Å². The zero-order valence-electron chi connectivity index (χ0n) is 14.1. The Hall–Kier alpha value is -1.31. The van der Waals surface area contributed by atoms with Crippen molar-refractivity contribution < 1.29 is 0 Å². The van der Waals surface area contributed by atoms with Crippen LogP contribution in [0.3, 0.4) is 0 Å². The summed E-state index contributed by atoms with van der Waals surface area (Å²) in [6.45, 7) is 2.34. The lowest BCUT2D eigenvalue weighted by Crippen LogP contribution is -2.14. The number of aromatic nitrogens is 5. The van der Waals surface area contributed by atoms with Gasteiger partial charge in [-0.15, -0.1) is 0 Å². The SMILES string of the molecule is Cc1cc(CNc2nc(-c3ccc(Cl)c(Cl)c3)nc(C(Cl)(Cl)Cl)n2)n(C)n1. The number of aryl methyl sites for hydroxylation is 2. The molecule has 0 saturated carbocycles. The summed E-state index contributed by atoms with van der Waals surface area (Å²) in [4.78, 5) is 12.8. The lowest BCUT2D eigenvalue weighted by atomic mass is 10.2. The van der Waals surface area contributed by atoms with Gasteiger partial charge in [-0.05, 0) is 31.2 Å². The Balaban J connectivity index is 1.97. The van der Waals surface area contributed by atoms with Crippen molar-refractivity contribution in [2.24, 2.45) is 7.05 Å². The normalized spacial score (nSPS) is 11.7. The van der Waals surface area contributed by atoms with Gasteiger partial charge in [0.1, 0.15) is 0 Å². The second-order valence-corrected chi connectivity index (χ2v) is 8.78. The molecule has 0 fully saturated rings. The highest BCUT2D eigenvalue weighted by Gasteiger charge is 2.28. The van der Waals surface area contributed by atoms with Gasteiger partial charge in [0.2, 0.25) is 9.74 Å². The first-order valence-corrected chi connectivity index (χ1v) is 9.54. The summed E-state index contributed by atoms with van der Waals surface area (Å²) in [6.07, 6.45) is 0. The standard InChI is InChI=1S/C16H13Cl5N6/c1-8-5-10(27(2)26-8)7-22-15-24-13(23-14(25-15)16(19,20)21)9-3-4-11(17)12(18)6-9/h3-6H,7H2,1-2H3,(H,22,23,24,25). The largest absolute Gasteiger partial charge is 0.348 e. The fourth-order valence-corrected chi connectivity index (χ4v) is 2.90. The molecule has 3 aromatic rings. The van der Waals surface area contributed by atoms with E-state index in [1.165, 1.54) is 0 Å². The topological polar surface area (TPSA) is 68.5 Å². The van der Waals surface area contributed by atoms with Crippen LogP contribution in [0.15, 0.2) is 24.3 Å². The number of benzene rings is 1. The maximum absolute atomic E-state index is 6.09. The molecule has 0 unspecified atom stereocenters. The van der Waals surface area contributed by atoms with Crippen molar-refractivity contribution >= 4 is 64.0 Å². The molecule has 0 aliphatic rings. The van der Waals surface area contributed by atoms with Crippen LogP contribution in [0.1, 0.15) is 17.2 Å². The van der Waals surface area contributed by atoms with Gasteiger partial charge in [0, 0.05) is 12.6 Å². The Morgan fingerprint density at radius 3 is 2.37 bits per heavy atom. The van der Waals surface area contributed by atoms with E-state index in [2.05, 4.69) is 25.4 Å². The number of hydrogen-bond donors (Lipinski definition) is 1. The van der Waals surface area contributed by atoms with Crippen LogP contribution in [0.2, 0.25) is 10.0 Å². The highest BCUT2D eigenvalue weighted by molar-refractivity contribution is 6.66. The molecule has 1 N–H and O–H groups in total. The number of nitrogens with one attached hydrogen (secondary N) is 1. The number of anilines is 1. The van der Waals surface area contributed by atoms with Crippen molar-refractivity contribution in [1.82, 2.24) is 24.7 Å². The van der Waals surface area contributed by atoms with Crippen LogP contribution in [0.4, 0.5) is 5.95 Å². The highest BCUT2D eigenvalue weighted by Crippen LogP contribution is 2.37. The van der Waals surface area contributed by atoms with Crippen molar-refractivity contribution in [2.75, 3.05) is 5.32 Å². The first-order chi connectivity index (χ1) is 12.6. The fraction of sp³-hybridized carbons (Fsp3) is 0.250. The zero-order chi connectivity index (χ0) is 19.8. The van der Waals surface area contributed by atoms with Gasteiger partial charge in [-0.1, -0.05) is 58.0 Å². The van der Waals surface area contributed by atoms with Crippen LogP contribution in [-0.2, 0) is 17.4 Å². The Morgan fingerprint density at radius 2 is 1.78 bits per heavy atom. The van der Waals surface area contributed by atoms with Crippen molar-refractivity contribution in [3.63, 3.8) is 0 Å². The lowest BCUT2D eigenvalue weighted by molar-refractivity contribution is 0.711. The van der Waals surface area contributed by atoms with E-state index in [0.29, 0.717) is 28.0 Å². The van der Waals surface area contributed by atoms with Gasteiger partial charge in [-0.25, -0.2) is 4.98 Å². The van der Waals surface area contributed by atoms with E-state index < -0.39 is 3.79 Å². The van der Waals surface area contributed by atoms with Crippen LogP contribution < -0.4 is 5.32 Å². The predicted molar refractivity (Wildman–Crippen MR) is 110 cm³/mol. The highest BCUT2D eigenvalue weighted by atomic mass is 35.6. The van der Waals surface area contributed by atoms with Crippen LogP contribution in [0, 0.1) is 6.92 Å². The molecule has 0 spiro atoms. The van der Waals surface area contributed by atoms with E-state index >= 15 is 0 Å². The van der Waals surface area contributed by atoms with Crippen LogP contribution in [0.25, 0.3) is 11.4 Å². The number of alkyl halides is 3. The quantitative estimate of drug-likeness (QED) is 0.527. The monoisotopic (exact) mass is 464 g/mol. The summed E-state index contributed by atoms with van der Waals surface area (Å²) in [5, 5.41) is 8.19. The fourth-order valence-electron chi connectivity index (χ4n) is 2.35. The average Bonchev–Trinajstić information content (AvgIpc) is 2.92. The van der Waals surface area contributed by atoms with E-state index in [4.69, 9.17) is 58.0 Å². The molecule has 1 aromatic carbocycles. The second-order valence-electron chi connectivity index (χ2n) is 5.69. The summed E-state index contributed by atoms with van der Waals surface area (Å²) in [5.74, 6) is 0.548. The van der Waals surface area contributed by atoms with Gasteiger partial charge >= 0.3 is 0 Å². The maximum Gasteiger partial charge on any atom is 0.250 e. The molecule has 0 bridgehead atoms. The minimum absolute atomic E-state index is 0.00717. The number of rotatable bonds is 4. The molecule has 2 aromatic heterocycles. The number of hydrogen-bond acceptors (Lipinski definition) is 5. The van der Waals surface area contributed by atoms with Gasteiger partial charge in [-0.3, -0.25) is 4.68 Å². The number of halogens is 5. The third-order valence-corrected chi connectivity index (χ3v) is 4.84. The molecule has 6 nitrogen and oxygen atoms in total. The van der Waals surface area contributed by atoms with E-state index in [1.54, 1.807) is 22.9 Å². The van der Waals surface area contributed by atoms with Crippen LogP contribution in [0.5, 0.6) is 0 Å². The Kier molecular flexibility index (Phi) is 6.03. The molecule has 0 aliphatic heterocycles. The van der Waals surface area contributed by atoms with Crippen molar-refractivity contribution in [2.45, 2.75) is 17.3 Å². The molecular weight excluding hydrogens is 453 g/mol. The molecule has 142 valence electrons. The Bertz CT molecular complexity index is 982. The minimum atomic E-state index is -1.81. The molecule has 11 heteroatoms. The van der Waals surface area contributed by atoms with Crippen molar-refractivity contribution in [3.05, 3.63) is 51.5 Å². The van der Waals surface area contributed by atoms with Gasteiger partial charge in [0.25, 0.3) is 0 Å². The minimum Gasteiger partial charge on any atom is -0.348 e. The maximum atomic E-state index is 6.09. The molecule has 0 amide bonds. The van der Waals surface area contributed by atoms with Gasteiger partial charge < -0.3 is 5.32 Å². The van der Waals surface area contributed by atoms with E-state index in [-0.39, 0.29) is 11.8 Å². The van der Waals surface area contributed by atoms with Gasteiger partial charge in [0.15, 0.2) is 11.6 Å². The molecule has 2 heterocycles. The van der Waals surface area contributed by atoms with E-state index in [1.807, 2.05) is 20.0 Å². The third kappa shape index (κ3) is 4.95. The third-order valence-electron chi connectivity index (χ3n) is 3.59. The predicted octanol–water partition coefficient (Wildman–Crippen LogP) is 5.33. The van der Waals surface area contributed by atoms with E-state index in [0.717, 1.165) is 11.4 Å². The molecular formula is C16H13Cl5N6. The second kappa shape index (κ2) is 7.97. The summed E-state index contributed by atoms with van der Waals surface area (Å²) in [7, 11) is 1.85. The average molecular weight is 467 g/mol. The lowest BCUT2D eigenvalue weighted by Gasteiger charge is -2.13. The first kappa shape index (κ1) is 20.4. The summed E-state index contributed by atoms with van der Waals surface area (Å²) in [6, 6.07) is 6.95. The molecule has 0 aliphatic carbocycles. The molecule has 27 heavy (non-hydrogen) atoms. The first-order valence-electron chi connectivity index (χ1n) is 7.65.